The van der Waals surface area contributed by atoms with Crippen molar-refractivity contribution in [1.29, 1.82) is 5.26 Å². The highest BCUT2D eigenvalue weighted by Crippen LogP contribution is 2.30. The minimum absolute atomic E-state index is 0.105. The molecule has 0 bridgehead atoms. The van der Waals surface area contributed by atoms with Crippen molar-refractivity contribution in [2.45, 2.75) is 69.2 Å². The number of amides is 1. The number of aryl methyl sites for hydroxylation is 2. The van der Waals surface area contributed by atoms with Crippen molar-refractivity contribution in [3.8, 4) is 6.07 Å². The van der Waals surface area contributed by atoms with Crippen LogP contribution < -0.4 is 5.32 Å². The van der Waals surface area contributed by atoms with Crippen LogP contribution in [0, 0.1) is 31.1 Å². The molecule has 2 aliphatic rings. The molecule has 1 saturated heterocycles. The maximum atomic E-state index is 12.9. The van der Waals surface area contributed by atoms with E-state index in [0.29, 0.717) is 43.7 Å². The van der Waals surface area contributed by atoms with Crippen LogP contribution in [0.3, 0.4) is 0 Å². The molecule has 1 saturated carbocycles. The fraction of sp³-hybridized carbons (Fsp3) is 0.619. The van der Waals surface area contributed by atoms with E-state index in [1.807, 2.05) is 19.9 Å². The summed E-state index contributed by atoms with van der Waals surface area (Å²) in [5.41, 5.74) is 1.27. The van der Waals surface area contributed by atoms with Crippen molar-refractivity contribution >= 4 is 15.9 Å². The van der Waals surface area contributed by atoms with Crippen LogP contribution in [-0.2, 0) is 14.8 Å². The van der Waals surface area contributed by atoms with E-state index < -0.39 is 15.6 Å². The number of piperidine rings is 1. The SMILES string of the molecule is Cc1ccc(S(=O)(=O)N2CCC(C(=O)NC3(C#N)CCCCC3)CC2)cc1C. The minimum Gasteiger partial charge on any atom is -0.338 e. The Labute approximate surface area is 168 Å². The second-order valence-corrected chi connectivity index (χ2v) is 10.1. The third-order valence-electron chi connectivity index (χ3n) is 6.22. The zero-order valence-corrected chi connectivity index (χ0v) is 17.5. The maximum absolute atomic E-state index is 12.9. The molecular formula is C21H29N3O3S. The highest BCUT2D eigenvalue weighted by Gasteiger charge is 2.37. The Morgan fingerprint density at radius 2 is 1.79 bits per heavy atom. The molecule has 1 N–H and O–H groups in total. The lowest BCUT2D eigenvalue weighted by molar-refractivity contribution is -0.127. The van der Waals surface area contributed by atoms with Crippen LogP contribution >= 0.6 is 0 Å². The zero-order chi connectivity index (χ0) is 20.4. The fourth-order valence-electron chi connectivity index (χ4n) is 4.14. The normalized spacial score (nSPS) is 21.0. The summed E-state index contributed by atoms with van der Waals surface area (Å²) in [6, 6.07) is 7.50. The van der Waals surface area contributed by atoms with Gasteiger partial charge in [-0.2, -0.15) is 9.57 Å². The maximum Gasteiger partial charge on any atom is 0.243 e. The molecule has 0 radical (unpaired) electrons. The van der Waals surface area contributed by atoms with E-state index in [1.165, 1.54) is 4.31 Å². The Morgan fingerprint density at radius 3 is 2.36 bits per heavy atom. The number of hydrogen-bond donors (Lipinski definition) is 1. The fourth-order valence-corrected chi connectivity index (χ4v) is 5.70. The van der Waals surface area contributed by atoms with E-state index in [4.69, 9.17) is 0 Å². The van der Waals surface area contributed by atoms with Crippen LogP contribution in [0.4, 0.5) is 0 Å². The Balaban J connectivity index is 1.63. The second-order valence-electron chi connectivity index (χ2n) is 8.17. The number of sulfonamides is 1. The van der Waals surface area contributed by atoms with Gasteiger partial charge in [0.05, 0.1) is 11.0 Å². The van der Waals surface area contributed by atoms with Crippen LogP contribution in [0.25, 0.3) is 0 Å². The van der Waals surface area contributed by atoms with Gasteiger partial charge in [-0.1, -0.05) is 25.3 Å². The predicted molar refractivity (Wildman–Crippen MR) is 107 cm³/mol. The standard InChI is InChI=1S/C21H29N3O3S/c1-16-6-7-19(14-17(16)2)28(26,27)24-12-8-18(9-13-24)20(25)23-21(15-22)10-4-3-5-11-21/h6-7,14,18H,3-5,8-13H2,1-2H3,(H,23,25). The van der Waals surface area contributed by atoms with Gasteiger partial charge in [0, 0.05) is 19.0 Å². The van der Waals surface area contributed by atoms with Crippen molar-refractivity contribution < 1.29 is 13.2 Å². The molecule has 1 aromatic carbocycles. The molecule has 2 fully saturated rings. The van der Waals surface area contributed by atoms with Crippen LogP contribution in [0.5, 0.6) is 0 Å². The molecule has 6 nitrogen and oxygen atoms in total. The molecule has 1 aliphatic carbocycles. The minimum atomic E-state index is -3.55. The molecule has 0 unspecified atom stereocenters. The first-order valence-corrected chi connectivity index (χ1v) is 11.5. The topological polar surface area (TPSA) is 90.3 Å². The van der Waals surface area contributed by atoms with Crippen molar-refractivity contribution in [1.82, 2.24) is 9.62 Å². The lowest BCUT2D eigenvalue weighted by Crippen LogP contribution is -2.52. The highest BCUT2D eigenvalue weighted by atomic mass is 32.2. The van der Waals surface area contributed by atoms with Gasteiger partial charge in [-0.3, -0.25) is 4.79 Å². The number of benzene rings is 1. The molecule has 7 heteroatoms. The van der Waals surface area contributed by atoms with Crippen molar-refractivity contribution in [3.63, 3.8) is 0 Å². The summed E-state index contributed by atoms with van der Waals surface area (Å²) in [5, 5.41) is 12.5. The number of carbonyl (C=O) groups is 1. The summed E-state index contributed by atoms with van der Waals surface area (Å²) >= 11 is 0. The number of rotatable bonds is 4. The molecule has 1 amide bonds. The molecule has 1 heterocycles. The average Bonchev–Trinajstić information content (AvgIpc) is 2.70. The smallest absolute Gasteiger partial charge is 0.243 e. The third-order valence-corrected chi connectivity index (χ3v) is 8.12. The van der Waals surface area contributed by atoms with E-state index in [0.717, 1.165) is 30.4 Å². The van der Waals surface area contributed by atoms with Gasteiger partial charge in [0.15, 0.2) is 0 Å². The Bertz CT molecular complexity index is 875. The first-order valence-electron chi connectivity index (χ1n) is 10.1. The zero-order valence-electron chi connectivity index (χ0n) is 16.7. The monoisotopic (exact) mass is 403 g/mol. The Morgan fingerprint density at radius 1 is 1.14 bits per heavy atom. The quantitative estimate of drug-likeness (QED) is 0.837. The van der Waals surface area contributed by atoms with E-state index in [9.17, 15) is 18.5 Å². The Kier molecular flexibility index (Phi) is 6.11. The summed E-state index contributed by atoms with van der Waals surface area (Å²) in [6.45, 7) is 4.51. The third kappa shape index (κ3) is 4.23. The molecule has 1 aliphatic heterocycles. The highest BCUT2D eigenvalue weighted by molar-refractivity contribution is 7.89. The van der Waals surface area contributed by atoms with E-state index in [1.54, 1.807) is 12.1 Å². The molecule has 152 valence electrons. The molecular weight excluding hydrogens is 374 g/mol. The number of nitrogens with zero attached hydrogens (tertiary/aromatic N) is 2. The van der Waals surface area contributed by atoms with Gasteiger partial charge < -0.3 is 5.32 Å². The first kappa shape index (κ1) is 20.8. The average molecular weight is 404 g/mol. The van der Waals surface area contributed by atoms with Crippen LogP contribution in [-0.4, -0.2) is 37.3 Å². The van der Waals surface area contributed by atoms with Gasteiger partial charge >= 0.3 is 0 Å². The number of carbonyl (C=O) groups excluding carboxylic acids is 1. The molecule has 3 rings (SSSR count). The number of nitrogens with one attached hydrogen (secondary N) is 1. The van der Waals surface area contributed by atoms with Crippen molar-refractivity contribution in [2.24, 2.45) is 5.92 Å². The number of nitriles is 1. The van der Waals surface area contributed by atoms with Gasteiger partial charge in [-0.05, 0) is 62.8 Å². The first-order chi connectivity index (χ1) is 13.3. The summed E-state index contributed by atoms with van der Waals surface area (Å²) in [5.74, 6) is -0.343. The van der Waals surface area contributed by atoms with Gasteiger partial charge in [0.25, 0.3) is 0 Å². The molecule has 0 atom stereocenters. The van der Waals surface area contributed by atoms with Crippen LogP contribution in [0.15, 0.2) is 23.1 Å². The van der Waals surface area contributed by atoms with Gasteiger partial charge in [0.2, 0.25) is 15.9 Å². The summed E-state index contributed by atoms with van der Waals surface area (Å²) < 4.78 is 27.3. The van der Waals surface area contributed by atoms with E-state index in [-0.39, 0.29) is 11.8 Å². The van der Waals surface area contributed by atoms with E-state index in [2.05, 4.69) is 11.4 Å². The Hall–Kier alpha value is -1.91. The summed E-state index contributed by atoms with van der Waals surface area (Å²) in [6.07, 6.45) is 5.40. The second kappa shape index (κ2) is 8.22. The predicted octanol–water partition coefficient (Wildman–Crippen LogP) is 3.05. The van der Waals surface area contributed by atoms with Crippen molar-refractivity contribution in [2.75, 3.05) is 13.1 Å². The molecule has 1 aromatic rings. The molecule has 28 heavy (non-hydrogen) atoms. The van der Waals surface area contributed by atoms with Gasteiger partial charge in [-0.15, -0.1) is 0 Å². The van der Waals surface area contributed by atoms with Gasteiger partial charge in [-0.25, -0.2) is 8.42 Å². The van der Waals surface area contributed by atoms with E-state index >= 15 is 0 Å². The lowest BCUT2D eigenvalue weighted by Gasteiger charge is -2.35. The number of hydrogen-bond acceptors (Lipinski definition) is 4. The summed E-state index contributed by atoms with van der Waals surface area (Å²) in [4.78, 5) is 13.0. The lowest BCUT2D eigenvalue weighted by atomic mass is 9.82. The van der Waals surface area contributed by atoms with Crippen molar-refractivity contribution in [3.05, 3.63) is 29.3 Å². The van der Waals surface area contributed by atoms with Crippen LogP contribution in [0.2, 0.25) is 0 Å². The van der Waals surface area contributed by atoms with Crippen LogP contribution in [0.1, 0.15) is 56.1 Å². The largest absolute Gasteiger partial charge is 0.338 e. The summed E-state index contributed by atoms with van der Waals surface area (Å²) in [7, 11) is -3.55. The molecule has 0 aromatic heterocycles. The molecule has 0 spiro atoms. The van der Waals surface area contributed by atoms with Gasteiger partial charge in [0.1, 0.15) is 5.54 Å².